The van der Waals surface area contributed by atoms with E-state index < -0.39 is 0 Å². The van der Waals surface area contributed by atoms with E-state index in [0.717, 1.165) is 13.0 Å². The summed E-state index contributed by atoms with van der Waals surface area (Å²) in [6, 6.07) is 0. The number of amides is 1. The Morgan fingerprint density at radius 1 is 1.19 bits per heavy atom. The number of carbonyl (C=O) groups excluding carboxylic acids is 1. The van der Waals surface area contributed by atoms with Gasteiger partial charge in [0, 0.05) is 19.6 Å². The van der Waals surface area contributed by atoms with Gasteiger partial charge in [-0.2, -0.15) is 0 Å². The van der Waals surface area contributed by atoms with Crippen molar-refractivity contribution in [1.29, 1.82) is 0 Å². The second-order valence-corrected chi connectivity index (χ2v) is 3.53. The monoisotopic (exact) mass is 233 g/mol. The van der Waals surface area contributed by atoms with Crippen molar-refractivity contribution in [2.75, 3.05) is 53.0 Å². The number of carbonyl (C=O) groups is 1. The van der Waals surface area contributed by atoms with Crippen molar-refractivity contribution >= 4 is 5.91 Å². The minimum atomic E-state index is -0.0713. The molecule has 0 bridgehead atoms. The fraction of sp³-hybridized carbons (Fsp3) is 0.900. The maximum Gasteiger partial charge on any atom is 0.234 e. The Kier molecular flexibility index (Phi) is 10.3. The fourth-order valence-electron chi connectivity index (χ4n) is 1.30. The summed E-state index contributed by atoms with van der Waals surface area (Å²) in [5.41, 5.74) is 0. The number of nitrogens with zero attached hydrogens (tertiary/aromatic N) is 1. The van der Waals surface area contributed by atoms with Crippen molar-refractivity contribution in [2.45, 2.75) is 6.42 Å². The largest absolute Gasteiger partial charge is 0.395 e. The van der Waals surface area contributed by atoms with Crippen LogP contribution in [-0.4, -0.2) is 74.0 Å². The van der Waals surface area contributed by atoms with Gasteiger partial charge in [-0.25, -0.2) is 0 Å². The van der Waals surface area contributed by atoms with Crippen LogP contribution in [0.4, 0.5) is 0 Å². The van der Waals surface area contributed by atoms with Crippen LogP contribution < -0.4 is 10.6 Å². The number of hydrogen-bond acceptors (Lipinski definition) is 5. The first-order valence-corrected chi connectivity index (χ1v) is 5.60. The zero-order chi connectivity index (χ0) is 12.2. The predicted octanol–water partition coefficient (Wildman–Crippen LogP) is -2.00. The lowest BCUT2D eigenvalue weighted by atomic mass is 10.4. The van der Waals surface area contributed by atoms with E-state index >= 15 is 0 Å². The molecule has 0 heterocycles. The third kappa shape index (κ3) is 8.60. The SMILES string of the molecule is CNCCCNC(=O)CN(CCO)CCO. The van der Waals surface area contributed by atoms with Crippen molar-refractivity contribution in [1.82, 2.24) is 15.5 Å². The van der Waals surface area contributed by atoms with Gasteiger partial charge in [0.05, 0.1) is 19.8 Å². The molecule has 1 amide bonds. The molecule has 4 N–H and O–H groups in total. The summed E-state index contributed by atoms with van der Waals surface area (Å²) < 4.78 is 0. The Morgan fingerprint density at radius 2 is 1.81 bits per heavy atom. The van der Waals surface area contributed by atoms with Crippen molar-refractivity contribution in [2.24, 2.45) is 0 Å². The van der Waals surface area contributed by atoms with E-state index in [2.05, 4.69) is 10.6 Å². The van der Waals surface area contributed by atoms with Crippen LogP contribution in [0.3, 0.4) is 0 Å². The quantitative estimate of drug-likeness (QED) is 0.328. The van der Waals surface area contributed by atoms with E-state index in [1.54, 1.807) is 4.90 Å². The molecule has 0 aromatic carbocycles. The van der Waals surface area contributed by atoms with E-state index in [9.17, 15) is 4.79 Å². The average molecular weight is 233 g/mol. The second-order valence-electron chi connectivity index (χ2n) is 3.53. The van der Waals surface area contributed by atoms with Crippen LogP contribution in [-0.2, 0) is 4.79 Å². The molecule has 0 saturated carbocycles. The van der Waals surface area contributed by atoms with Crippen molar-refractivity contribution in [3.05, 3.63) is 0 Å². The first-order chi connectivity index (χ1) is 7.74. The lowest BCUT2D eigenvalue weighted by molar-refractivity contribution is -0.122. The van der Waals surface area contributed by atoms with E-state index in [1.165, 1.54) is 0 Å². The van der Waals surface area contributed by atoms with Crippen molar-refractivity contribution in [3.8, 4) is 0 Å². The standard InChI is InChI=1S/C10H23N3O3/c1-11-3-2-4-12-10(16)9-13(5-7-14)6-8-15/h11,14-15H,2-9H2,1H3,(H,12,16). The lowest BCUT2D eigenvalue weighted by Gasteiger charge is -2.19. The molecule has 96 valence electrons. The zero-order valence-corrected chi connectivity index (χ0v) is 9.91. The van der Waals surface area contributed by atoms with E-state index in [1.807, 2.05) is 7.05 Å². The fourth-order valence-corrected chi connectivity index (χ4v) is 1.30. The number of rotatable bonds is 10. The maximum absolute atomic E-state index is 11.4. The van der Waals surface area contributed by atoms with Crippen LogP contribution in [0.15, 0.2) is 0 Å². The van der Waals surface area contributed by atoms with Crippen LogP contribution in [0.25, 0.3) is 0 Å². The van der Waals surface area contributed by atoms with Crippen LogP contribution >= 0.6 is 0 Å². The molecular formula is C10H23N3O3. The topological polar surface area (TPSA) is 84.8 Å². The third-order valence-corrected chi connectivity index (χ3v) is 2.13. The number of nitrogens with one attached hydrogen (secondary N) is 2. The summed E-state index contributed by atoms with van der Waals surface area (Å²) in [5, 5.41) is 23.3. The van der Waals surface area contributed by atoms with Crippen molar-refractivity contribution in [3.63, 3.8) is 0 Å². The van der Waals surface area contributed by atoms with Gasteiger partial charge in [-0.05, 0) is 20.0 Å². The number of aliphatic hydroxyl groups is 2. The third-order valence-electron chi connectivity index (χ3n) is 2.13. The van der Waals surface area contributed by atoms with Gasteiger partial charge in [-0.15, -0.1) is 0 Å². The molecule has 0 aliphatic heterocycles. The molecule has 0 aromatic heterocycles. The summed E-state index contributed by atoms with van der Waals surface area (Å²) >= 11 is 0. The minimum absolute atomic E-state index is 0.00691. The van der Waals surface area contributed by atoms with Crippen LogP contribution in [0.1, 0.15) is 6.42 Å². The zero-order valence-electron chi connectivity index (χ0n) is 9.91. The molecule has 0 saturated heterocycles. The van der Waals surface area contributed by atoms with Gasteiger partial charge in [0.15, 0.2) is 0 Å². The molecule has 0 fully saturated rings. The Hall–Kier alpha value is -0.690. The maximum atomic E-state index is 11.4. The molecule has 0 aromatic rings. The van der Waals surface area contributed by atoms with Crippen LogP contribution in [0.2, 0.25) is 0 Å². The predicted molar refractivity (Wildman–Crippen MR) is 62.2 cm³/mol. The highest BCUT2D eigenvalue weighted by atomic mass is 16.3. The van der Waals surface area contributed by atoms with Gasteiger partial charge in [0.25, 0.3) is 0 Å². The lowest BCUT2D eigenvalue weighted by Crippen LogP contribution is -2.40. The average Bonchev–Trinajstić information content (AvgIpc) is 2.25. The van der Waals surface area contributed by atoms with Gasteiger partial charge in [0.2, 0.25) is 5.91 Å². The van der Waals surface area contributed by atoms with Gasteiger partial charge in [-0.1, -0.05) is 0 Å². The molecule has 6 heteroatoms. The number of hydrogen-bond donors (Lipinski definition) is 4. The van der Waals surface area contributed by atoms with Crippen molar-refractivity contribution < 1.29 is 15.0 Å². The molecular weight excluding hydrogens is 210 g/mol. The van der Waals surface area contributed by atoms with Crippen LogP contribution in [0, 0.1) is 0 Å². The normalized spacial score (nSPS) is 10.8. The Labute approximate surface area is 96.6 Å². The molecule has 0 radical (unpaired) electrons. The van der Waals surface area contributed by atoms with Gasteiger partial charge < -0.3 is 20.8 Å². The second kappa shape index (κ2) is 10.8. The highest BCUT2D eigenvalue weighted by molar-refractivity contribution is 5.77. The van der Waals surface area contributed by atoms with E-state index in [-0.39, 0.29) is 25.7 Å². The smallest absolute Gasteiger partial charge is 0.234 e. The van der Waals surface area contributed by atoms with E-state index in [4.69, 9.17) is 10.2 Å². The summed E-state index contributed by atoms with van der Waals surface area (Å²) in [7, 11) is 1.87. The highest BCUT2D eigenvalue weighted by Crippen LogP contribution is 1.86. The first kappa shape index (κ1) is 15.3. The van der Waals surface area contributed by atoms with Gasteiger partial charge in [-0.3, -0.25) is 9.69 Å². The van der Waals surface area contributed by atoms with Crippen LogP contribution in [0.5, 0.6) is 0 Å². The molecule has 6 nitrogen and oxygen atoms in total. The molecule has 0 unspecified atom stereocenters. The molecule has 0 atom stereocenters. The van der Waals surface area contributed by atoms with Gasteiger partial charge in [0.1, 0.15) is 0 Å². The molecule has 0 rings (SSSR count). The number of aliphatic hydroxyl groups excluding tert-OH is 2. The molecule has 0 aliphatic carbocycles. The van der Waals surface area contributed by atoms with E-state index in [0.29, 0.717) is 19.6 Å². The molecule has 0 spiro atoms. The summed E-state index contributed by atoms with van der Waals surface area (Å²) in [5.74, 6) is -0.0713. The minimum Gasteiger partial charge on any atom is -0.395 e. The summed E-state index contributed by atoms with van der Waals surface area (Å²) in [6.45, 7) is 2.54. The highest BCUT2D eigenvalue weighted by Gasteiger charge is 2.08. The Morgan fingerprint density at radius 3 is 2.31 bits per heavy atom. The van der Waals surface area contributed by atoms with Gasteiger partial charge >= 0.3 is 0 Å². The Balaban J connectivity index is 3.63. The summed E-state index contributed by atoms with van der Waals surface area (Å²) in [4.78, 5) is 13.1. The first-order valence-electron chi connectivity index (χ1n) is 5.60. The summed E-state index contributed by atoms with van der Waals surface area (Å²) in [6.07, 6.45) is 0.891. The Bertz CT molecular complexity index is 173. The molecule has 0 aliphatic rings. The molecule has 16 heavy (non-hydrogen) atoms.